The van der Waals surface area contributed by atoms with Gasteiger partial charge in [-0.1, -0.05) is 18.2 Å². The van der Waals surface area contributed by atoms with Crippen LogP contribution in [0.25, 0.3) is 0 Å². The molecule has 0 saturated heterocycles. The number of rotatable bonds is 5. The molecule has 1 N–H and O–H groups in total. The zero-order valence-corrected chi connectivity index (χ0v) is 16.3. The van der Waals surface area contributed by atoms with Crippen molar-refractivity contribution in [1.29, 1.82) is 5.26 Å². The fraction of sp³-hybridized carbons (Fsp3) is 0.238. The van der Waals surface area contributed by atoms with E-state index in [4.69, 9.17) is 4.42 Å². The normalized spacial score (nSPS) is 13.0. The van der Waals surface area contributed by atoms with E-state index in [9.17, 15) is 10.1 Å². The van der Waals surface area contributed by atoms with Gasteiger partial charge in [0, 0.05) is 21.1 Å². The highest BCUT2D eigenvalue weighted by Crippen LogP contribution is 2.38. The Labute approximate surface area is 166 Å². The van der Waals surface area contributed by atoms with Crippen molar-refractivity contribution in [1.82, 2.24) is 0 Å². The number of benzene rings is 1. The summed E-state index contributed by atoms with van der Waals surface area (Å²) < 4.78 is 5.46. The molecule has 1 aromatic carbocycles. The summed E-state index contributed by atoms with van der Waals surface area (Å²) in [4.78, 5) is 15.1. The quantitative estimate of drug-likeness (QED) is 0.569. The van der Waals surface area contributed by atoms with Crippen LogP contribution in [0.15, 0.2) is 52.0 Å². The number of thioether (sulfide) groups is 1. The van der Waals surface area contributed by atoms with E-state index in [-0.39, 0.29) is 5.91 Å². The number of fused-ring (bicyclic) bond motifs is 1. The fourth-order valence-electron chi connectivity index (χ4n) is 3.26. The Bertz CT molecular complexity index is 999. The van der Waals surface area contributed by atoms with Crippen LogP contribution in [0.3, 0.4) is 0 Å². The van der Waals surface area contributed by atoms with Crippen molar-refractivity contribution in [2.24, 2.45) is 0 Å². The Morgan fingerprint density at radius 2 is 2.04 bits per heavy atom. The average Bonchev–Trinajstić information content (AvgIpc) is 3.31. The van der Waals surface area contributed by atoms with Gasteiger partial charge in [-0.3, -0.25) is 4.79 Å². The van der Waals surface area contributed by atoms with Gasteiger partial charge < -0.3 is 9.73 Å². The monoisotopic (exact) mass is 394 g/mol. The minimum Gasteiger partial charge on any atom is -0.459 e. The summed E-state index contributed by atoms with van der Waals surface area (Å²) in [6.45, 7) is 0. The molecule has 0 bridgehead atoms. The Kier molecular flexibility index (Phi) is 5.33. The maximum atomic E-state index is 12.8. The molecule has 0 saturated carbocycles. The molecule has 0 fully saturated rings. The van der Waals surface area contributed by atoms with Crippen LogP contribution in [-0.4, -0.2) is 5.91 Å². The summed E-state index contributed by atoms with van der Waals surface area (Å²) in [6, 6.07) is 14.2. The van der Waals surface area contributed by atoms with Crippen molar-refractivity contribution < 1.29 is 9.21 Å². The number of hydrogen-bond acceptors (Lipinski definition) is 5. The third kappa shape index (κ3) is 3.80. The van der Waals surface area contributed by atoms with Crippen molar-refractivity contribution in [3.05, 3.63) is 70.0 Å². The molecule has 3 aromatic rings. The van der Waals surface area contributed by atoms with Gasteiger partial charge in [0.25, 0.3) is 5.91 Å². The van der Waals surface area contributed by atoms with E-state index in [1.54, 1.807) is 18.0 Å². The zero-order chi connectivity index (χ0) is 18.6. The summed E-state index contributed by atoms with van der Waals surface area (Å²) in [6.07, 6.45) is 5.70. The van der Waals surface area contributed by atoms with Crippen LogP contribution in [0, 0.1) is 11.3 Å². The number of carbonyl (C=O) groups excluding carboxylic acids is 1. The summed E-state index contributed by atoms with van der Waals surface area (Å²) in [5.74, 6) is 0.669. The van der Waals surface area contributed by atoms with Crippen molar-refractivity contribution in [3.63, 3.8) is 0 Å². The van der Waals surface area contributed by atoms with Gasteiger partial charge in [0.15, 0.2) is 5.76 Å². The highest BCUT2D eigenvalue weighted by Gasteiger charge is 2.23. The molecule has 1 aliphatic carbocycles. The van der Waals surface area contributed by atoms with Crippen LogP contribution in [0.5, 0.6) is 0 Å². The van der Waals surface area contributed by atoms with Crippen LogP contribution < -0.4 is 5.32 Å². The maximum absolute atomic E-state index is 12.8. The first-order valence-corrected chi connectivity index (χ1v) is 10.7. The molecule has 136 valence electrons. The summed E-state index contributed by atoms with van der Waals surface area (Å²) in [5, 5.41) is 13.1. The van der Waals surface area contributed by atoms with Crippen molar-refractivity contribution in [2.75, 3.05) is 5.32 Å². The third-order valence-corrected chi connectivity index (χ3v) is 6.87. The largest absolute Gasteiger partial charge is 0.459 e. The van der Waals surface area contributed by atoms with E-state index in [2.05, 4.69) is 11.4 Å². The number of amides is 1. The Morgan fingerprint density at radius 3 is 2.85 bits per heavy atom. The van der Waals surface area contributed by atoms with Crippen molar-refractivity contribution >= 4 is 34.0 Å². The van der Waals surface area contributed by atoms with Crippen molar-refractivity contribution in [2.45, 2.75) is 36.3 Å². The minimum absolute atomic E-state index is 0.293. The molecule has 0 unspecified atom stereocenters. The number of nitrogens with zero attached hydrogens (tertiary/aromatic N) is 1. The standard InChI is InChI=1S/C21H18N2O2S2/c22-12-17-16-8-4-5-9-18(16)27-21(17)23-20(24)19-14(10-11-25-19)13-26-15-6-2-1-3-7-15/h1-3,6-7,10-11H,4-5,8-9,13H2,(H,23,24). The lowest BCUT2D eigenvalue weighted by Crippen LogP contribution is -2.12. The van der Waals surface area contributed by atoms with E-state index in [0.29, 0.717) is 22.1 Å². The van der Waals surface area contributed by atoms with Gasteiger partial charge in [0.05, 0.1) is 11.8 Å². The second-order valence-electron chi connectivity index (χ2n) is 6.36. The highest BCUT2D eigenvalue weighted by molar-refractivity contribution is 7.98. The summed E-state index contributed by atoms with van der Waals surface area (Å²) in [5.41, 5.74) is 2.58. The molecule has 2 heterocycles. The molecule has 27 heavy (non-hydrogen) atoms. The van der Waals surface area contributed by atoms with E-state index in [1.165, 1.54) is 16.2 Å². The van der Waals surface area contributed by atoms with Crippen LogP contribution >= 0.6 is 23.1 Å². The number of furan rings is 1. The van der Waals surface area contributed by atoms with Gasteiger partial charge in [-0.15, -0.1) is 23.1 Å². The van der Waals surface area contributed by atoms with Gasteiger partial charge in [0.2, 0.25) is 0 Å². The first kappa shape index (κ1) is 17.9. The molecule has 4 rings (SSSR count). The predicted octanol–water partition coefficient (Wildman–Crippen LogP) is 5.64. The van der Waals surface area contributed by atoms with Crippen LogP contribution in [0.2, 0.25) is 0 Å². The van der Waals surface area contributed by atoms with E-state index < -0.39 is 0 Å². The number of nitriles is 1. The smallest absolute Gasteiger partial charge is 0.292 e. The average molecular weight is 395 g/mol. The SMILES string of the molecule is N#Cc1c(NC(=O)c2occc2CSc2ccccc2)sc2c1CCCC2. The summed E-state index contributed by atoms with van der Waals surface area (Å²) in [7, 11) is 0. The number of aryl methyl sites for hydroxylation is 1. The molecule has 1 amide bonds. The van der Waals surface area contributed by atoms with Gasteiger partial charge in [-0.25, -0.2) is 0 Å². The number of nitrogens with one attached hydrogen (secondary N) is 1. The molecule has 2 aromatic heterocycles. The topological polar surface area (TPSA) is 66.0 Å². The zero-order valence-electron chi connectivity index (χ0n) is 14.7. The number of carbonyl (C=O) groups is 1. The first-order valence-electron chi connectivity index (χ1n) is 8.86. The molecule has 0 radical (unpaired) electrons. The van der Waals surface area contributed by atoms with Crippen LogP contribution in [-0.2, 0) is 18.6 Å². The van der Waals surface area contributed by atoms with Gasteiger partial charge in [-0.05, 0) is 49.4 Å². The minimum atomic E-state index is -0.293. The lowest BCUT2D eigenvalue weighted by atomic mass is 9.96. The number of hydrogen-bond donors (Lipinski definition) is 1. The maximum Gasteiger partial charge on any atom is 0.292 e. The molecule has 4 nitrogen and oxygen atoms in total. The number of anilines is 1. The Hall–Kier alpha value is -2.49. The third-order valence-electron chi connectivity index (χ3n) is 4.60. The molecule has 0 atom stereocenters. The summed E-state index contributed by atoms with van der Waals surface area (Å²) >= 11 is 3.18. The van der Waals surface area contributed by atoms with Gasteiger partial charge in [-0.2, -0.15) is 5.26 Å². The molecule has 1 aliphatic rings. The second-order valence-corrected chi connectivity index (χ2v) is 8.51. The van der Waals surface area contributed by atoms with Crippen molar-refractivity contribution in [3.8, 4) is 6.07 Å². The fourth-order valence-corrected chi connectivity index (χ4v) is 5.39. The van der Waals surface area contributed by atoms with E-state index >= 15 is 0 Å². The lowest BCUT2D eigenvalue weighted by molar-refractivity contribution is 0.0996. The molecule has 0 spiro atoms. The van der Waals surface area contributed by atoms with Crippen LogP contribution in [0.1, 0.15) is 45.0 Å². The first-order chi connectivity index (χ1) is 13.3. The van der Waals surface area contributed by atoms with E-state index in [0.717, 1.165) is 41.7 Å². The van der Waals surface area contributed by atoms with Gasteiger partial charge in [0.1, 0.15) is 11.1 Å². The Morgan fingerprint density at radius 1 is 1.22 bits per heavy atom. The Balaban J connectivity index is 1.51. The van der Waals surface area contributed by atoms with Crippen LogP contribution in [0.4, 0.5) is 5.00 Å². The van der Waals surface area contributed by atoms with E-state index in [1.807, 2.05) is 36.4 Å². The molecule has 0 aliphatic heterocycles. The highest BCUT2D eigenvalue weighted by atomic mass is 32.2. The van der Waals surface area contributed by atoms with Gasteiger partial charge >= 0.3 is 0 Å². The molecule has 6 heteroatoms. The molecular formula is C21H18N2O2S2. The second kappa shape index (κ2) is 8.03. The number of thiophene rings is 1. The lowest BCUT2D eigenvalue weighted by Gasteiger charge is -2.09. The molecular weight excluding hydrogens is 376 g/mol. The predicted molar refractivity (Wildman–Crippen MR) is 108 cm³/mol.